The zero-order valence-electron chi connectivity index (χ0n) is 11.2. The van der Waals surface area contributed by atoms with Gasteiger partial charge in [-0.2, -0.15) is 0 Å². The molecular formula is C13H19N3O3. The highest BCUT2D eigenvalue weighted by molar-refractivity contribution is 5.79. The Balaban J connectivity index is 1.60. The number of nitrogens with two attached hydrogens (primary N) is 1. The largest absolute Gasteiger partial charge is 0.376 e. The number of amides is 1. The molecule has 2 heterocycles. The molecule has 1 aliphatic heterocycles. The number of aryl methyl sites for hydroxylation is 2. The van der Waals surface area contributed by atoms with Crippen LogP contribution >= 0.6 is 0 Å². The van der Waals surface area contributed by atoms with Crippen LogP contribution in [-0.2, 0) is 16.0 Å². The summed E-state index contributed by atoms with van der Waals surface area (Å²) in [6.07, 6.45) is 1.38. The van der Waals surface area contributed by atoms with E-state index in [-0.39, 0.29) is 30.5 Å². The summed E-state index contributed by atoms with van der Waals surface area (Å²) in [5, 5.41) is 6.82. The first-order chi connectivity index (χ1) is 9.08. The number of rotatable bonds is 3. The maximum atomic E-state index is 12.1. The minimum Gasteiger partial charge on any atom is -0.376 e. The maximum absolute atomic E-state index is 12.1. The fourth-order valence-electron chi connectivity index (χ4n) is 3.08. The van der Waals surface area contributed by atoms with Gasteiger partial charge in [0.25, 0.3) is 0 Å². The van der Waals surface area contributed by atoms with Crippen molar-refractivity contribution in [3.63, 3.8) is 0 Å². The molecule has 0 bridgehead atoms. The fourth-order valence-corrected chi connectivity index (χ4v) is 3.08. The summed E-state index contributed by atoms with van der Waals surface area (Å²) < 4.78 is 10.6. The van der Waals surface area contributed by atoms with Crippen LogP contribution in [0.25, 0.3) is 0 Å². The van der Waals surface area contributed by atoms with Gasteiger partial charge in [-0.25, -0.2) is 0 Å². The molecule has 1 aliphatic carbocycles. The molecule has 2 aliphatic rings. The number of nitrogens with one attached hydrogen (secondary N) is 1. The van der Waals surface area contributed by atoms with Gasteiger partial charge in [-0.1, -0.05) is 5.16 Å². The van der Waals surface area contributed by atoms with E-state index in [2.05, 4.69) is 10.5 Å². The zero-order valence-corrected chi connectivity index (χ0v) is 11.2. The summed E-state index contributed by atoms with van der Waals surface area (Å²) >= 11 is 0. The van der Waals surface area contributed by atoms with Crippen LogP contribution in [0.2, 0.25) is 0 Å². The van der Waals surface area contributed by atoms with Gasteiger partial charge in [-0.05, 0) is 20.3 Å². The summed E-state index contributed by atoms with van der Waals surface area (Å²) in [6, 6.07) is -0.0402. The summed E-state index contributed by atoms with van der Waals surface area (Å²) in [5.74, 6) is 1.05. The van der Waals surface area contributed by atoms with Crippen LogP contribution in [0.3, 0.4) is 0 Å². The van der Waals surface area contributed by atoms with Crippen LogP contribution in [-0.4, -0.2) is 35.9 Å². The van der Waals surface area contributed by atoms with E-state index in [1.54, 1.807) is 0 Å². The molecule has 4 atom stereocenters. The average molecular weight is 265 g/mol. The van der Waals surface area contributed by atoms with Crippen molar-refractivity contribution in [3.8, 4) is 0 Å². The Morgan fingerprint density at radius 1 is 1.53 bits per heavy atom. The molecule has 3 N–H and O–H groups in total. The van der Waals surface area contributed by atoms with Crippen LogP contribution < -0.4 is 11.1 Å². The first kappa shape index (κ1) is 12.6. The van der Waals surface area contributed by atoms with Gasteiger partial charge in [-0.15, -0.1) is 0 Å². The normalized spacial score (nSPS) is 32.8. The lowest BCUT2D eigenvalue weighted by Gasteiger charge is -2.45. The van der Waals surface area contributed by atoms with Gasteiger partial charge < -0.3 is 20.3 Å². The Kier molecular flexibility index (Phi) is 3.06. The van der Waals surface area contributed by atoms with Gasteiger partial charge in [0, 0.05) is 24.1 Å². The number of fused-ring (bicyclic) bond motifs is 1. The van der Waals surface area contributed by atoms with Gasteiger partial charge >= 0.3 is 0 Å². The summed E-state index contributed by atoms with van der Waals surface area (Å²) in [5.41, 5.74) is 7.68. The lowest BCUT2D eigenvalue weighted by molar-refractivity contribution is -0.125. The lowest BCUT2D eigenvalue weighted by Crippen LogP contribution is -2.69. The molecule has 3 rings (SSSR count). The molecule has 0 radical (unpaired) electrons. The smallest absolute Gasteiger partial charge is 0.224 e. The standard InChI is InChI=1S/C13H19N3O3/c1-6-9(7(2)19-16-6)5-10(17)15-12-11(14)8-3-4-18-13(8)12/h8,11-13H,3-5,14H2,1-2H3,(H,15,17). The molecule has 1 saturated carbocycles. The third-order valence-electron chi connectivity index (χ3n) is 4.29. The average Bonchev–Trinajstić information content (AvgIpc) is 2.95. The third kappa shape index (κ3) is 2.04. The summed E-state index contributed by atoms with van der Waals surface area (Å²) in [7, 11) is 0. The molecule has 1 saturated heterocycles. The second-order valence-electron chi connectivity index (χ2n) is 5.44. The highest BCUT2D eigenvalue weighted by atomic mass is 16.5. The summed E-state index contributed by atoms with van der Waals surface area (Å²) in [6.45, 7) is 4.40. The van der Waals surface area contributed by atoms with E-state index in [9.17, 15) is 4.79 Å². The molecule has 0 spiro atoms. The van der Waals surface area contributed by atoms with Crippen LogP contribution in [0.15, 0.2) is 4.52 Å². The molecule has 6 heteroatoms. The molecule has 6 nitrogen and oxygen atoms in total. The molecule has 0 aromatic carbocycles. The second kappa shape index (κ2) is 4.61. The van der Waals surface area contributed by atoms with E-state index >= 15 is 0 Å². The van der Waals surface area contributed by atoms with Crippen molar-refractivity contribution in [1.82, 2.24) is 10.5 Å². The van der Waals surface area contributed by atoms with Gasteiger partial charge in [0.15, 0.2) is 0 Å². The Hall–Kier alpha value is -1.40. The number of carbonyl (C=O) groups excluding carboxylic acids is 1. The van der Waals surface area contributed by atoms with Crippen molar-refractivity contribution >= 4 is 5.91 Å². The van der Waals surface area contributed by atoms with Crippen LogP contribution in [0.5, 0.6) is 0 Å². The van der Waals surface area contributed by atoms with Gasteiger partial charge in [0.1, 0.15) is 5.76 Å². The van der Waals surface area contributed by atoms with Crippen molar-refractivity contribution in [1.29, 1.82) is 0 Å². The molecule has 4 unspecified atom stereocenters. The topological polar surface area (TPSA) is 90.4 Å². The molecule has 2 fully saturated rings. The van der Waals surface area contributed by atoms with E-state index in [4.69, 9.17) is 15.0 Å². The van der Waals surface area contributed by atoms with E-state index in [1.165, 1.54) is 0 Å². The Bertz CT molecular complexity index is 480. The van der Waals surface area contributed by atoms with E-state index < -0.39 is 0 Å². The van der Waals surface area contributed by atoms with E-state index in [0.717, 1.165) is 24.3 Å². The van der Waals surface area contributed by atoms with Crippen molar-refractivity contribution in [2.24, 2.45) is 11.7 Å². The molecular weight excluding hydrogens is 246 g/mol. The first-order valence-electron chi connectivity index (χ1n) is 6.66. The zero-order chi connectivity index (χ0) is 13.6. The molecule has 104 valence electrons. The van der Waals surface area contributed by atoms with Crippen molar-refractivity contribution in [2.75, 3.05) is 6.61 Å². The minimum absolute atomic E-state index is 0.0149. The lowest BCUT2D eigenvalue weighted by atomic mass is 9.72. The number of hydrogen-bond donors (Lipinski definition) is 2. The highest BCUT2D eigenvalue weighted by Crippen LogP contribution is 2.37. The number of nitrogens with zero attached hydrogens (tertiary/aromatic N) is 1. The predicted octanol–water partition coefficient (Wildman–Crippen LogP) is 0.0647. The van der Waals surface area contributed by atoms with Crippen LogP contribution in [0.4, 0.5) is 0 Å². The predicted molar refractivity (Wildman–Crippen MR) is 67.4 cm³/mol. The van der Waals surface area contributed by atoms with Gasteiger partial charge in [0.05, 0.1) is 24.3 Å². The molecule has 1 amide bonds. The van der Waals surface area contributed by atoms with Crippen LogP contribution in [0.1, 0.15) is 23.4 Å². The maximum Gasteiger partial charge on any atom is 0.224 e. The Labute approximate surface area is 111 Å². The minimum atomic E-state index is -0.0551. The third-order valence-corrected chi connectivity index (χ3v) is 4.29. The van der Waals surface area contributed by atoms with E-state index in [0.29, 0.717) is 11.7 Å². The highest BCUT2D eigenvalue weighted by Gasteiger charge is 2.52. The Morgan fingerprint density at radius 2 is 2.32 bits per heavy atom. The fraction of sp³-hybridized carbons (Fsp3) is 0.692. The number of aromatic nitrogens is 1. The SMILES string of the molecule is Cc1noc(C)c1CC(=O)NC1C(N)C2CCOC21. The van der Waals surface area contributed by atoms with Crippen LogP contribution in [0, 0.1) is 19.8 Å². The van der Waals surface area contributed by atoms with Crippen molar-refractivity contribution in [2.45, 2.75) is 44.9 Å². The number of carbonyl (C=O) groups is 1. The number of hydrogen-bond acceptors (Lipinski definition) is 5. The molecule has 1 aromatic heterocycles. The quantitative estimate of drug-likeness (QED) is 0.807. The van der Waals surface area contributed by atoms with E-state index in [1.807, 2.05) is 13.8 Å². The van der Waals surface area contributed by atoms with Crippen molar-refractivity contribution in [3.05, 3.63) is 17.0 Å². The molecule has 19 heavy (non-hydrogen) atoms. The van der Waals surface area contributed by atoms with Gasteiger partial charge in [-0.3, -0.25) is 4.79 Å². The summed E-state index contributed by atoms with van der Waals surface area (Å²) in [4.78, 5) is 12.1. The second-order valence-corrected chi connectivity index (χ2v) is 5.44. The monoisotopic (exact) mass is 265 g/mol. The van der Waals surface area contributed by atoms with Crippen molar-refractivity contribution < 1.29 is 14.1 Å². The Morgan fingerprint density at radius 3 is 3.00 bits per heavy atom. The molecule has 1 aromatic rings. The van der Waals surface area contributed by atoms with Gasteiger partial charge in [0.2, 0.25) is 5.91 Å². The number of ether oxygens (including phenoxy) is 1. The first-order valence-corrected chi connectivity index (χ1v) is 6.66.